The molecule has 2 aromatic carbocycles. The maximum Gasteiger partial charge on any atom is 0.416 e. The highest BCUT2D eigenvalue weighted by Crippen LogP contribution is 2.38. The zero-order chi connectivity index (χ0) is 25.9. The molecule has 0 spiro atoms. The summed E-state index contributed by atoms with van der Waals surface area (Å²) in [6, 6.07) is 15.7. The first-order valence-corrected chi connectivity index (χ1v) is 12.9. The highest BCUT2D eigenvalue weighted by molar-refractivity contribution is 5.80. The summed E-state index contributed by atoms with van der Waals surface area (Å²) in [5.41, 5.74) is 1.75. The van der Waals surface area contributed by atoms with Crippen molar-refractivity contribution in [1.29, 1.82) is 0 Å². The number of halogens is 3. The molecule has 1 unspecified atom stereocenters. The van der Waals surface area contributed by atoms with Gasteiger partial charge in [-0.15, -0.1) is 0 Å². The Bertz CT molecular complexity index is 953. The highest BCUT2D eigenvalue weighted by atomic mass is 19.4. The standard InChI is InChI=1S/C28H35F3N2.C2H6/c1-4-26(33-21(2)3)27(20-23-13-6-5-7-14-23,32-18-17-22-11-8-9-12-22)24-15-10-16-25(19-24)28(29,30)31;1-2/h4-7,10,13-16,19,22,32H,8-9,11-12,17-18,20H2,1-3H3;1-2H3/b26-4-;. The van der Waals surface area contributed by atoms with E-state index in [1.807, 2.05) is 71.0 Å². The van der Waals surface area contributed by atoms with E-state index in [0.717, 1.165) is 36.0 Å². The lowest BCUT2D eigenvalue weighted by atomic mass is 9.79. The van der Waals surface area contributed by atoms with Crippen molar-refractivity contribution in [3.8, 4) is 0 Å². The summed E-state index contributed by atoms with van der Waals surface area (Å²) in [7, 11) is 0. The summed E-state index contributed by atoms with van der Waals surface area (Å²) < 4.78 is 41.0. The van der Waals surface area contributed by atoms with Gasteiger partial charge in [0.2, 0.25) is 0 Å². The van der Waals surface area contributed by atoms with E-state index in [9.17, 15) is 13.2 Å². The number of nitrogens with zero attached hydrogens (tertiary/aromatic N) is 1. The van der Waals surface area contributed by atoms with E-state index in [-0.39, 0.29) is 0 Å². The topological polar surface area (TPSA) is 24.4 Å². The van der Waals surface area contributed by atoms with Gasteiger partial charge in [0, 0.05) is 12.1 Å². The number of hydrogen-bond donors (Lipinski definition) is 1. The Morgan fingerprint density at radius 3 is 2.17 bits per heavy atom. The van der Waals surface area contributed by atoms with Crippen LogP contribution in [0.25, 0.3) is 0 Å². The summed E-state index contributed by atoms with van der Waals surface area (Å²) in [6.07, 6.45) is 4.06. The fourth-order valence-corrected chi connectivity index (χ4v) is 4.89. The van der Waals surface area contributed by atoms with Gasteiger partial charge in [-0.05, 0) is 62.9 Å². The molecule has 0 heterocycles. The molecule has 0 aromatic heterocycles. The van der Waals surface area contributed by atoms with Crippen molar-refractivity contribution in [2.24, 2.45) is 10.9 Å². The predicted octanol–water partition coefficient (Wildman–Crippen LogP) is 8.72. The molecule has 1 N–H and O–H groups in total. The monoisotopic (exact) mass is 486 g/mol. The summed E-state index contributed by atoms with van der Waals surface area (Å²) in [4.78, 5) is 4.82. The van der Waals surface area contributed by atoms with Crippen LogP contribution in [0.3, 0.4) is 0 Å². The van der Waals surface area contributed by atoms with Gasteiger partial charge in [-0.3, -0.25) is 4.99 Å². The fourth-order valence-electron chi connectivity index (χ4n) is 4.89. The number of hydrogen-bond acceptors (Lipinski definition) is 2. The highest BCUT2D eigenvalue weighted by Gasteiger charge is 2.39. The summed E-state index contributed by atoms with van der Waals surface area (Å²) in [6.45, 7) is 10.5. The van der Waals surface area contributed by atoms with Crippen molar-refractivity contribution in [3.05, 3.63) is 83.1 Å². The van der Waals surface area contributed by atoms with Crippen molar-refractivity contribution >= 4 is 5.71 Å². The van der Waals surface area contributed by atoms with Crippen LogP contribution >= 0.6 is 0 Å². The number of aliphatic imine (C=N–C) groups is 1. The Balaban J connectivity index is 0.00000210. The largest absolute Gasteiger partial charge is 0.416 e. The molecule has 192 valence electrons. The van der Waals surface area contributed by atoms with E-state index >= 15 is 0 Å². The maximum atomic E-state index is 13.7. The molecule has 35 heavy (non-hydrogen) atoms. The molecular weight excluding hydrogens is 445 g/mol. The van der Waals surface area contributed by atoms with Crippen LogP contribution in [0.4, 0.5) is 13.2 Å². The number of allylic oxidation sites excluding steroid dienone is 1. The fraction of sp³-hybridized carbons (Fsp3) is 0.500. The minimum Gasteiger partial charge on any atom is -0.302 e. The van der Waals surface area contributed by atoms with Crippen LogP contribution in [0.1, 0.15) is 83.4 Å². The molecule has 5 heteroatoms. The number of nitrogens with one attached hydrogen (secondary N) is 1. The average Bonchev–Trinajstić information content (AvgIpc) is 3.37. The van der Waals surface area contributed by atoms with Gasteiger partial charge in [-0.1, -0.05) is 88.1 Å². The predicted molar refractivity (Wildman–Crippen MR) is 142 cm³/mol. The quantitative estimate of drug-likeness (QED) is 0.352. The van der Waals surface area contributed by atoms with Crippen LogP contribution in [0.2, 0.25) is 0 Å². The van der Waals surface area contributed by atoms with Gasteiger partial charge in [0.25, 0.3) is 0 Å². The lowest BCUT2D eigenvalue weighted by Crippen LogP contribution is -2.47. The van der Waals surface area contributed by atoms with Crippen molar-refractivity contribution in [2.45, 2.75) is 84.9 Å². The average molecular weight is 487 g/mol. The zero-order valence-corrected chi connectivity index (χ0v) is 21.9. The van der Waals surface area contributed by atoms with Crippen molar-refractivity contribution in [2.75, 3.05) is 6.54 Å². The van der Waals surface area contributed by atoms with Crippen LogP contribution < -0.4 is 5.32 Å². The van der Waals surface area contributed by atoms with Crippen molar-refractivity contribution in [3.63, 3.8) is 0 Å². The third-order valence-electron chi connectivity index (χ3n) is 6.50. The van der Waals surface area contributed by atoms with Crippen LogP contribution in [0, 0.1) is 5.92 Å². The van der Waals surface area contributed by atoms with Gasteiger partial charge in [-0.2, -0.15) is 13.2 Å². The Morgan fingerprint density at radius 1 is 0.971 bits per heavy atom. The molecule has 3 rings (SSSR count). The molecule has 0 radical (unpaired) electrons. The number of rotatable bonds is 9. The molecule has 1 saturated carbocycles. The summed E-state index contributed by atoms with van der Waals surface area (Å²) in [5, 5.41) is 3.72. The molecule has 0 bridgehead atoms. The molecule has 1 fully saturated rings. The molecule has 1 aliphatic rings. The summed E-state index contributed by atoms with van der Waals surface area (Å²) in [5.74, 6) is 0.680. The van der Waals surface area contributed by atoms with Gasteiger partial charge in [0.05, 0.1) is 16.8 Å². The molecule has 1 aliphatic carbocycles. The molecule has 0 aliphatic heterocycles. The summed E-state index contributed by atoms with van der Waals surface area (Å²) >= 11 is 0. The van der Waals surface area contributed by atoms with Gasteiger partial charge >= 0.3 is 6.18 Å². The molecule has 0 saturated heterocycles. The van der Waals surface area contributed by atoms with Crippen LogP contribution in [0.15, 0.2) is 71.4 Å². The Morgan fingerprint density at radius 2 is 1.60 bits per heavy atom. The van der Waals surface area contributed by atoms with Crippen LogP contribution in [-0.2, 0) is 18.1 Å². The van der Waals surface area contributed by atoms with Crippen molar-refractivity contribution in [1.82, 2.24) is 5.32 Å². The molecule has 2 aromatic rings. The first-order chi connectivity index (χ1) is 16.7. The third-order valence-corrected chi connectivity index (χ3v) is 6.50. The first kappa shape index (κ1) is 28.8. The molecular formula is C30H41F3N2. The van der Waals surface area contributed by atoms with E-state index < -0.39 is 17.3 Å². The normalized spacial score (nSPS) is 16.3. The van der Waals surface area contributed by atoms with Gasteiger partial charge < -0.3 is 5.32 Å². The third kappa shape index (κ3) is 8.06. The second-order valence-electron chi connectivity index (χ2n) is 9.25. The molecule has 0 amide bonds. The van der Waals surface area contributed by atoms with Gasteiger partial charge in [0.1, 0.15) is 0 Å². The molecule has 2 nitrogen and oxygen atoms in total. The van der Waals surface area contributed by atoms with E-state index in [1.54, 1.807) is 6.07 Å². The number of benzene rings is 2. The first-order valence-electron chi connectivity index (χ1n) is 12.9. The maximum absolute atomic E-state index is 13.7. The van der Waals surface area contributed by atoms with Gasteiger partial charge in [0.15, 0.2) is 0 Å². The van der Waals surface area contributed by atoms with E-state index in [0.29, 0.717) is 17.9 Å². The minimum absolute atomic E-state index is 0.510. The molecule has 1 atom stereocenters. The smallest absolute Gasteiger partial charge is 0.302 e. The second kappa shape index (κ2) is 13.6. The zero-order valence-electron chi connectivity index (χ0n) is 21.9. The van der Waals surface area contributed by atoms with E-state index in [2.05, 4.69) is 5.32 Å². The van der Waals surface area contributed by atoms with Crippen LogP contribution in [0.5, 0.6) is 0 Å². The lowest BCUT2D eigenvalue weighted by Gasteiger charge is -2.37. The Labute approximate surface area is 209 Å². The van der Waals surface area contributed by atoms with E-state index in [1.165, 1.54) is 37.8 Å². The lowest BCUT2D eigenvalue weighted by molar-refractivity contribution is -0.137. The Kier molecular flexibility index (Phi) is 11.2. The van der Waals surface area contributed by atoms with Crippen LogP contribution in [-0.4, -0.2) is 12.3 Å². The second-order valence-corrected chi connectivity index (χ2v) is 9.25. The van der Waals surface area contributed by atoms with Gasteiger partial charge in [-0.25, -0.2) is 0 Å². The SMILES string of the molecule is C/C=C(\N=C(C)C)C(Cc1ccccc1)(NCCC1CCCC1)c1cccc(C(F)(F)F)c1.CC. The minimum atomic E-state index is -4.40. The Hall–Kier alpha value is -2.40. The number of alkyl halides is 3. The van der Waals surface area contributed by atoms with E-state index in [4.69, 9.17) is 4.99 Å². The van der Waals surface area contributed by atoms with Crippen molar-refractivity contribution < 1.29 is 13.2 Å².